The van der Waals surface area contributed by atoms with Crippen LogP contribution in [0.25, 0.3) is 0 Å². The first kappa shape index (κ1) is 15.9. The Morgan fingerprint density at radius 3 is 2.84 bits per heavy atom. The van der Waals surface area contributed by atoms with Crippen LogP contribution in [0.4, 0.5) is 5.69 Å². The molecular formula is C19H21N3O3. The zero-order valence-corrected chi connectivity index (χ0v) is 14.0. The SMILES string of the molecule is COc1ccc(NC(=O)C2CC(c3ccc4c(c3)CCO4)NN2)cc1. The van der Waals surface area contributed by atoms with Gasteiger partial charge in [-0.15, -0.1) is 0 Å². The monoisotopic (exact) mass is 339 g/mol. The predicted octanol–water partition coefficient (Wildman–Crippen LogP) is 2.18. The first-order valence-corrected chi connectivity index (χ1v) is 8.44. The summed E-state index contributed by atoms with van der Waals surface area (Å²) in [5.74, 6) is 1.69. The van der Waals surface area contributed by atoms with Gasteiger partial charge in [0.15, 0.2) is 0 Å². The minimum Gasteiger partial charge on any atom is -0.497 e. The molecule has 1 saturated heterocycles. The Kier molecular flexibility index (Phi) is 4.29. The number of anilines is 1. The van der Waals surface area contributed by atoms with Crippen molar-refractivity contribution >= 4 is 11.6 Å². The number of benzene rings is 2. The zero-order chi connectivity index (χ0) is 17.2. The van der Waals surface area contributed by atoms with Crippen LogP contribution in [0.3, 0.4) is 0 Å². The van der Waals surface area contributed by atoms with Gasteiger partial charge in [-0.2, -0.15) is 0 Å². The number of hydrogen-bond donors (Lipinski definition) is 3. The van der Waals surface area contributed by atoms with Crippen molar-refractivity contribution in [3.8, 4) is 11.5 Å². The molecule has 3 N–H and O–H groups in total. The lowest BCUT2D eigenvalue weighted by Gasteiger charge is -2.12. The Morgan fingerprint density at radius 2 is 2.04 bits per heavy atom. The number of hydrogen-bond acceptors (Lipinski definition) is 5. The second-order valence-corrected chi connectivity index (χ2v) is 6.31. The molecule has 2 aliphatic heterocycles. The summed E-state index contributed by atoms with van der Waals surface area (Å²) >= 11 is 0. The standard InChI is InChI=1S/C19H21N3O3/c1-24-15-5-3-14(4-6-15)20-19(23)17-11-16(21-22-17)12-2-7-18-13(10-12)8-9-25-18/h2-7,10,16-17,21-22H,8-9,11H2,1H3,(H,20,23). The Hall–Kier alpha value is -2.57. The van der Waals surface area contributed by atoms with Crippen LogP contribution in [0.5, 0.6) is 11.5 Å². The molecule has 6 nitrogen and oxygen atoms in total. The van der Waals surface area contributed by atoms with E-state index in [9.17, 15) is 4.79 Å². The molecular weight excluding hydrogens is 318 g/mol. The van der Waals surface area contributed by atoms with Crippen LogP contribution in [0, 0.1) is 0 Å². The molecule has 130 valence electrons. The maximum atomic E-state index is 12.5. The van der Waals surface area contributed by atoms with Crippen molar-refractivity contribution in [2.45, 2.75) is 24.9 Å². The Morgan fingerprint density at radius 1 is 1.20 bits per heavy atom. The van der Waals surface area contributed by atoms with E-state index in [1.165, 1.54) is 11.1 Å². The lowest BCUT2D eigenvalue weighted by atomic mass is 9.99. The molecule has 2 aromatic carbocycles. The number of rotatable bonds is 4. The van der Waals surface area contributed by atoms with Gasteiger partial charge in [-0.05, 0) is 47.9 Å². The third-order valence-electron chi connectivity index (χ3n) is 4.69. The van der Waals surface area contributed by atoms with E-state index in [1.54, 1.807) is 7.11 Å². The molecule has 25 heavy (non-hydrogen) atoms. The molecule has 0 saturated carbocycles. The largest absolute Gasteiger partial charge is 0.497 e. The van der Waals surface area contributed by atoms with Gasteiger partial charge in [-0.3, -0.25) is 4.79 Å². The molecule has 0 bridgehead atoms. The van der Waals surface area contributed by atoms with Crippen LogP contribution < -0.4 is 25.6 Å². The topological polar surface area (TPSA) is 71.6 Å². The molecule has 1 amide bonds. The van der Waals surface area contributed by atoms with Crippen LogP contribution >= 0.6 is 0 Å². The zero-order valence-electron chi connectivity index (χ0n) is 14.0. The summed E-state index contributed by atoms with van der Waals surface area (Å²) in [5.41, 5.74) is 9.50. The number of carbonyl (C=O) groups is 1. The van der Waals surface area contributed by atoms with Gasteiger partial charge in [0.25, 0.3) is 0 Å². The summed E-state index contributed by atoms with van der Waals surface area (Å²) in [7, 11) is 1.62. The predicted molar refractivity (Wildman–Crippen MR) is 94.7 cm³/mol. The van der Waals surface area contributed by atoms with Gasteiger partial charge in [0, 0.05) is 18.2 Å². The molecule has 0 aromatic heterocycles. The van der Waals surface area contributed by atoms with Gasteiger partial charge in [-0.25, -0.2) is 10.9 Å². The van der Waals surface area contributed by atoms with Crippen molar-refractivity contribution in [3.63, 3.8) is 0 Å². The molecule has 2 aromatic rings. The minimum absolute atomic E-state index is 0.0512. The van der Waals surface area contributed by atoms with E-state index in [0.29, 0.717) is 6.42 Å². The highest BCUT2D eigenvalue weighted by molar-refractivity contribution is 5.95. The van der Waals surface area contributed by atoms with Gasteiger partial charge < -0.3 is 14.8 Å². The summed E-state index contributed by atoms with van der Waals surface area (Å²) in [6.07, 6.45) is 1.65. The highest BCUT2D eigenvalue weighted by Gasteiger charge is 2.30. The Bertz CT molecular complexity index is 776. The third-order valence-corrected chi connectivity index (χ3v) is 4.69. The summed E-state index contributed by atoms with van der Waals surface area (Å²) in [6.45, 7) is 0.752. The van der Waals surface area contributed by atoms with Crippen LogP contribution in [-0.2, 0) is 11.2 Å². The molecule has 2 heterocycles. The number of methoxy groups -OCH3 is 1. The summed E-state index contributed by atoms with van der Waals surface area (Å²) in [5, 5.41) is 2.93. The molecule has 4 rings (SSSR count). The summed E-state index contributed by atoms with van der Waals surface area (Å²) < 4.78 is 10.7. The molecule has 2 aliphatic rings. The van der Waals surface area contributed by atoms with E-state index in [2.05, 4.69) is 28.3 Å². The van der Waals surface area contributed by atoms with Crippen molar-refractivity contribution < 1.29 is 14.3 Å². The van der Waals surface area contributed by atoms with E-state index in [4.69, 9.17) is 9.47 Å². The highest BCUT2D eigenvalue weighted by Crippen LogP contribution is 2.30. The highest BCUT2D eigenvalue weighted by atomic mass is 16.5. The maximum Gasteiger partial charge on any atom is 0.242 e. The third kappa shape index (κ3) is 3.31. The van der Waals surface area contributed by atoms with Gasteiger partial charge in [0.05, 0.1) is 13.7 Å². The summed E-state index contributed by atoms with van der Waals surface area (Å²) in [6, 6.07) is 13.4. The molecule has 0 radical (unpaired) electrons. The number of fused-ring (bicyclic) bond motifs is 1. The van der Waals surface area contributed by atoms with Crippen molar-refractivity contribution in [1.82, 2.24) is 10.9 Å². The number of amides is 1. The fourth-order valence-electron chi connectivity index (χ4n) is 3.27. The first-order valence-electron chi connectivity index (χ1n) is 8.44. The molecule has 2 unspecified atom stereocenters. The Balaban J connectivity index is 1.38. The summed E-state index contributed by atoms with van der Waals surface area (Å²) in [4.78, 5) is 12.5. The van der Waals surface area contributed by atoms with Crippen LogP contribution in [-0.4, -0.2) is 25.7 Å². The number of hydrazine groups is 1. The van der Waals surface area contributed by atoms with E-state index in [0.717, 1.165) is 30.2 Å². The molecule has 6 heteroatoms. The fraction of sp³-hybridized carbons (Fsp3) is 0.316. The van der Waals surface area contributed by atoms with Crippen molar-refractivity contribution in [1.29, 1.82) is 0 Å². The smallest absolute Gasteiger partial charge is 0.242 e. The van der Waals surface area contributed by atoms with E-state index >= 15 is 0 Å². The van der Waals surface area contributed by atoms with Gasteiger partial charge in [0.2, 0.25) is 5.91 Å². The van der Waals surface area contributed by atoms with Gasteiger partial charge in [0.1, 0.15) is 17.5 Å². The van der Waals surface area contributed by atoms with Crippen LogP contribution in [0.15, 0.2) is 42.5 Å². The normalized spacial score (nSPS) is 21.5. The minimum atomic E-state index is -0.281. The molecule has 0 spiro atoms. The van der Waals surface area contributed by atoms with Crippen LogP contribution in [0.2, 0.25) is 0 Å². The maximum absolute atomic E-state index is 12.5. The van der Waals surface area contributed by atoms with Gasteiger partial charge >= 0.3 is 0 Å². The second kappa shape index (κ2) is 6.74. The van der Waals surface area contributed by atoms with E-state index in [-0.39, 0.29) is 18.0 Å². The first-order chi connectivity index (χ1) is 12.2. The van der Waals surface area contributed by atoms with Gasteiger partial charge in [-0.1, -0.05) is 12.1 Å². The average molecular weight is 339 g/mol. The molecule has 2 atom stereocenters. The quantitative estimate of drug-likeness (QED) is 0.796. The second-order valence-electron chi connectivity index (χ2n) is 6.31. The molecule has 0 aliphatic carbocycles. The number of ether oxygens (including phenoxy) is 2. The lowest BCUT2D eigenvalue weighted by Crippen LogP contribution is -2.39. The van der Waals surface area contributed by atoms with E-state index in [1.807, 2.05) is 30.3 Å². The molecule has 1 fully saturated rings. The Labute approximate surface area is 146 Å². The van der Waals surface area contributed by atoms with Crippen molar-refractivity contribution in [3.05, 3.63) is 53.6 Å². The van der Waals surface area contributed by atoms with Crippen LogP contribution in [0.1, 0.15) is 23.6 Å². The fourth-order valence-corrected chi connectivity index (χ4v) is 3.27. The number of carbonyl (C=O) groups excluding carboxylic acids is 1. The van der Waals surface area contributed by atoms with E-state index < -0.39 is 0 Å². The number of nitrogens with one attached hydrogen (secondary N) is 3. The lowest BCUT2D eigenvalue weighted by molar-refractivity contribution is -0.117. The average Bonchev–Trinajstić information content (AvgIpc) is 3.31. The van der Waals surface area contributed by atoms with Crippen molar-refractivity contribution in [2.75, 3.05) is 19.0 Å². The van der Waals surface area contributed by atoms with Crippen molar-refractivity contribution in [2.24, 2.45) is 0 Å².